The van der Waals surface area contributed by atoms with Crippen LogP contribution in [0.25, 0.3) is 0 Å². The smallest absolute Gasteiger partial charge is 0.260 e. The van der Waals surface area contributed by atoms with Crippen molar-refractivity contribution in [2.75, 3.05) is 46.0 Å². The normalized spacial score (nSPS) is 24.8. The first-order chi connectivity index (χ1) is 7.68. The van der Waals surface area contributed by atoms with Gasteiger partial charge in [-0.3, -0.25) is 10.2 Å². The molecule has 2 aliphatic heterocycles. The molecule has 0 saturated carbocycles. The molecule has 2 N–H and O–H groups in total. The number of ether oxygens (including phenoxy) is 2. The summed E-state index contributed by atoms with van der Waals surface area (Å²) in [4.78, 5) is 11.6. The van der Waals surface area contributed by atoms with Crippen molar-refractivity contribution >= 4 is 5.91 Å². The molecule has 0 aromatic rings. The second kappa shape index (κ2) is 5.09. The van der Waals surface area contributed by atoms with Crippen molar-refractivity contribution in [2.24, 2.45) is 0 Å². The molecule has 0 aliphatic carbocycles. The Morgan fingerprint density at radius 3 is 2.75 bits per heavy atom. The van der Waals surface area contributed by atoms with E-state index in [0.29, 0.717) is 13.2 Å². The molecule has 2 fully saturated rings. The molecule has 0 unspecified atom stereocenters. The first-order valence-electron chi connectivity index (χ1n) is 5.65. The molecule has 2 heterocycles. The summed E-state index contributed by atoms with van der Waals surface area (Å²) >= 11 is 0. The minimum absolute atomic E-state index is 0.0879. The Morgan fingerprint density at radius 2 is 2.19 bits per heavy atom. The first-order valence-corrected chi connectivity index (χ1v) is 5.65. The number of nitrogens with one attached hydrogen (secondary N) is 2. The molecule has 6 heteroatoms. The summed E-state index contributed by atoms with van der Waals surface area (Å²) in [5.41, 5.74) is 2.64. The maximum atomic E-state index is 11.6. The lowest BCUT2D eigenvalue weighted by Crippen LogP contribution is -2.60. The first kappa shape index (κ1) is 11.8. The number of carbonyl (C=O) groups is 1. The highest BCUT2D eigenvalue weighted by Crippen LogP contribution is 2.14. The van der Waals surface area contributed by atoms with Gasteiger partial charge in [-0.1, -0.05) is 0 Å². The van der Waals surface area contributed by atoms with Crippen LogP contribution < -0.4 is 10.7 Å². The van der Waals surface area contributed by atoms with E-state index >= 15 is 0 Å². The fourth-order valence-electron chi connectivity index (χ4n) is 1.70. The number of rotatable bonds is 4. The molecule has 2 aliphatic rings. The van der Waals surface area contributed by atoms with Gasteiger partial charge in [-0.15, -0.1) is 0 Å². The van der Waals surface area contributed by atoms with Crippen LogP contribution in [-0.4, -0.2) is 62.5 Å². The fourth-order valence-corrected chi connectivity index (χ4v) is 1.70. The van der Waals surface area contributed by atoms with Crippen LogP contribution in [0.4, 0.5) is 0 Å². The van der Waals surface area contributed by atoms with Crippen LogP contribution in [-0.2, 0) is 14.3 Å². The number of nitrogens with zero attached hydrogens (tertiary/aromatic N) is 1. The second-order valence-corrected chi connectivity index (χ2v) is 4.48. The molecule has 1 amide bonds. The molecule has 0 radical (unpaired) electrons. The Kier molecular flexibility index (Phi) is 3.75. The van der Waals surface area contributed by atoms with Crippen LogP contribution in [0.3, 0.4) is 0 Å². The van der Waals surface area contributed by atoms with Crippen LogP contribution in [0.1, 0.15) is 6.92 Å². The van der Waals surface area contributed by atoms with Gasteiger partial charge in [-0.05, 0) is 6.92 Å². The van der Waals surface area contributed by atoms with Crippen molar-refractivity contribution in [1.82, 2.24) is 15.8 Å². The molecule has 0 spiro atoms. The number of carbonyl (C=O) groups excluding carboxylic acids is 1. The van der Waals surface area contributed by atoms with Crippen molar-refractivity contribution in [3.05, 3.63) is 0 Å². The molecular formula is C10H19N3O3. The summed E-state index contributed by atoms with van der Waals surface area (Å²) in [6.45, 7) is 6.58. The maximum absolute atomic E-state index is 11.6. The van der Waals surface area contributed by atoms with Gasteiger partial charge in [0.25, 0.3) is 5.91 Å². The zero-order valence-corrected chi connectivity index (χ0v) is 9.62. The zero-order chi connectivity index (χ0) is 11.4. The van der Waals surface area contributed by atoms with Crippen LogP contribution >= 0.6 is 0 Å². The van der Waals surface area contributed by atoms with Crippen molar-refractivity contribution < 1.29 is 14.3 Å². The maximum Gasteiger partial charge on any atom is 0.260 e. The van der Waals surface area contributed by atoms with Gasteiger partial charge in [0.05, 0.1) is 18.8 Å². The molecule has 0 aromatic heterocycles. The monoisotopic (exact) mass is 229 g/mol. The summed E-state index contributed by atoms with van der Waals surface area (Å²) in [5.74, 6) is -0.0879. The standard InChI is InChI=1S/C10H19N3O3/c1-10(7-11-8-10)16-6-9(14)12-13-2-4-15-5-3-13/h11H,2-8H2,1H3,(H,12,14). The summed E-state index contributed by atoms with van der Waals surface area (Å²) in [5, 5.41) is 4.99. The average Bonchev–Trinajstić information content (AvgIpc) is 2.25. The van der Waals surface area contributed by atoms with E-state index in [1.165, 1.54) is 0 Å². The van der Waals surface area contributed by atoms with Crippen LogP contribution in [0.5, 0.6) is 0 Å². The summed E-state index contributed by atoms with van der Waals surface area (Å²) in [6.07, 6.45) is 0. The molecule has 2 saturated heterocycles. The summed E-state index contributed by atoms with van der Waals surface area (Å²) in [7, 11) is 0. The number of hydrogen-bond donors (Lipinski definition) is 2. The quantitative estimate of drug-likeness (QED) is 0.629. The minimum Gasteiger partial charge on any atom is -0.379 e. The molecule has 0 aromatic carbocycles. The van der Waals surface area contributed by atoms with E-state index in [4.69, 9.17) is 9.47 Å². The van der Waals surface area contributed by atoms with Crippen molar-refractivity contribution in [3.8, 4) is 0 Å². The van der Waals surface area contributed by atoms with E-state index < -0.39 is 0 Å². The molecule has 2 rings (SSSR count). The van der Waals surface area contributed by atoms with E-state index in [0.717, 1.165) is 26.2 Å². The van der Waals surface area contributed by atoms with E-state index in [-0.39, 0.29) is 18.1 Å². The van der Waals surface area contributed by atoms with Gasteiger partial charge in [-0.25, -0.2) is 5.01 Å². The average molecular weight is 229 g/mol. The molecule has 0 atom stereocenters. The Balaban J connectivity index is 1.63. The van der Waals surface area contributed by atoms with E-state index in [2.05, 4.69) is 10.7 Å². The molecule has 16 heavy (non-hydrogen) atoms. The van der Waals surface area contributed by atoms with Crippen LogP contribution in [0, 0.1) is 0 Å². The van der Waals surface area contributed by atoms with Gasteiger partial charge in [0.1, 0.15) is 6.61 Å². The molecule has 6 nitrogen and oxygen atoms in total. The van der Waals surface area contributed by atoms with Gasteiger partial charge in [0.15, 0.2) is 0 Å². The predicted molar refractivity (Wildman–Crippen MR) is 57.8 cm³/mol. The van der Waals surface area contributed by atoms with E-state index in [1.807, 2.05) is 11.9 Å². The Bertz CT molecular complexity index is 250. The summed E-state index contributed by atoms with van der Waals surface area (Å²) in [6, 6.07) is 0. The van der Waals surface area contributed by atoms with E-state index in [1.54, 1.807) is 0 Å². The van der Waals surface area contributed by atoms with Crippen LogP contribution in [0.2, 0.25) is 0 Å². The number of hydrazine groups is 1. The van der Waals surface area contributed by atoms with Crippen LogP contribution in [0.15, 0.2) is 0 Å². The molecule has 0 bridgehead atoms. The third-order valence-corrected chi connectivity index (χ3v) is 2.84. The second-order valence-electron chi connectivity index (χ2n) is 4.48. The highest BCUT2D eigenvalue weighted by molar-refractivity contribution is 5.76. The Morgan fingerprint density at radius 1 is 1.50 bits per heavy atom. The van der Waals surface area contributed by atoms with Gasteiger partial charge in [-0.2, -0.15) is 0 Å². The topological polar surface area (TPSA) is 62.8 Å². The van der Waals surface area contributed by atoms with Gasteiger partial charge in [0.2, 0.25) is 0 Å². The number of morpholine rings is 1. The SMILES string of the molecule is CC1(OCC(=O)NN2CCOCC2)CNC1. The van der Waals surface area contributed by atoms with Gasteiger partial charge < -0.3 is 14.8 Å². The van der Waals surface area contributed by atoms with Gasteiger partial charge >= 0.3 is 0 Å². The number of amides is 1. The zero-order valence-electron chi connectivity index (χ0n) is 9.62. The third-order valence-electron chi connectivity index (χ3n) is 2.84. The van der Waals surface area contributed by atoms with Gasteiger partial charge in [0, 0.05) is 26.2 Å². The minimum atomic E-state index is -0.164. The highest BCUT2D eigenvalue weighted by Gasteiger charge is 2.33. The Labute approximate surface area is 95.2 Å². The predicted octanol–water partition coefficient (Wildman–Crippen LogP) is -1.27. The lowest BCUT2D eigenvalue weighted by Gasteiger charge is -2.39. The highest BCUT2D eigenvalue weighted by atomic mass is 16.5. The Hall–Kier alpha value is -0.690. The largest absolute Gasteiger partial charge is 0.379 e. The molecular weight excluding hydrogens is 210 g/mol. The number of hydrogen-bond acceptors (Lipinski definition) is 5. The lowest BCUT2D eigenvalue weighted by molar-refractivity contribution is -0.142. The van der Waals surface area contributed by atoms with Crippen molar-refractivity contribution in [3.63, 3.8) is 0 Å². The third kappa shape index (κ3) is 3.15. The van der Waals surface area contributed by atoms with E-state index in [9.17, 15) is 4.79 Å². The fraction of sp³-hybridized carbons (Fsp3) is 0.900. The summed E-state index contributed by atoms with van der Waals surface area (Å²) < 4.78 is 10.7. The lowest BCUT2D eigenvalue weighted by atomic mass is 10.0. The van der Waals surface area contributed by atoms with Crippen molar-refractivity contribution in [2.45, 2.75) is 12.5 Å². The van der Waals surface area contributed by atoms with Crippen molar-refractivity contribution in [1.29, 1.82) is 0 Å². The molecule has 92 valence electrons.